The summed E-state index contributed by atoms with van der Waals surface area (Å²) in [4.78, 5) is 15.0. The van der Waals surface area contributed by atoms with Gasteiger partial charge in [-0.25, -0.2) is 4.31 Å². The number of nitrogens with one attached hydrogen (secondary N) is 1. The summed E-state index contributed by atoms with van der Waals surface area (Å²) in [7, 11) is -0.863. The Bertz CT molecular complexity index is 1040. The van der Waals surface area contributed by atoms with E-state index in [-0.39, 0.29) is 12.5 Å². The molecule has 0 bridgehead atoms. The summed E-state index contributed by atoms with van der Waals surface area (Å²) < 4.78 is 28.1. The molecule has 168 valence electrons. The molecule has 0 fully saturated rings. The van der Waals surface area contributed by atoms with E-state index in [9.17, 15) is 13.2 Å². The Balaban J connectivity index is 1.60. The average Bonchev–Trinajstić information content (AvgIpc) is 3.14. The highest BCUT2D eigenvalue weighted by Gasteiger charge is 2.28. The van der Waals surface area contributed by atoms with Crippen LogP contribution >= 0.6 is 0 Å². The average molecular weight is 445 g/mol. The molecule has 0 unspecified atom stereocenters. The fourth-order valence-corrected chi connectivity index (χ4v) is 4.92. The lowest BCUT2D eigenvalue weighted by Gasteiger charge is -2.28. The normalized spacial score (nSPS) is 13.4. The van der Waals surface area contributed by atoms with Gasteiger partial charge in [0.05, 0.1) is 5.69 Å². The SMILES string of the molecule is Cc1ccc(C)c(N(CC(=O)NCCCN2CCc3ccccc32)S(=O)(=O)N(C)C)c1. The number of hydrogen-bond acceptors (Lipinski definition) is 4. The first-order valence-corrected chi connectivity index (χ1v) is 12.0. The highest BCUT2D eigenvalue weighted by Crippen LogP contribution is 2.27. The van der Waals surface area contributed by atoms with Gasteiger partial charge < -0.3 is 10.2 Å². The fourth-order valence-electron chi connectivity index (χ4n) is 3.80. The molecule has 7 nitrogen and oxygen atoms in total. The topological polar surface area (TPSA) is 73.0 Å². The minimum atomic E-state index is -3.81. The molecule has 1 aliphatic heterocycles. The summed E-state index contributed by atoms with van der Waals surface area (Å²) in [6.45, 7) is 5.85. The van der Waals surface area contributed by atoms with Gasteiger partial charge in [0.2, 0.25) is 5.91 Å². The zero-order valence-electron chi connectivity index (χ0n) is 18.8. The molecule has 2 aromatic rings. The van der Waals surface area contributed by atoms with Crippen molar-refractivity contribution in [1.82, 2.24) is 9.62 Å². The molecule has 0 spiro atoms. The van der Waals surface area contributed by atoms with Crippen molar-refractivity contribution in [2.75, 3.05) is 49.5 Å². The summed E-state index contributed by atoms with van der Waals surface area (Å²) in [5, 5.41) is 2.89. The number of aryl methyl sites for hydroxylation is 2. The maximum atomic E-state index is 12.9. The highest BCUT2D eigenvalue weighted by molar-refractivity contribution is 7.90. The van der Waals surface area contributed by atoms with E-state index in [4.69, 9.17) is 0 Å². The molecule has 31 heavy (non-hydrogen) atoms. The number of benzene rings is 2. The van der Waals surface area contributed by atoms with E-state index in [1.165, 1.54) is 29.7 Å². The van der Waals surface area contributed by atoms with Crippen LogP contribution < -0.4 is 14.5 Å². The molecule has 1 heterocycles. The summed E-state index contributed by atoms with van der Waals surface area (Å²) in [6.07, 6.45) is 1.85. The van der Waals surface area contributed by atoms with E-state index in [2.05, 4.69) is 28.4 Å². The van der Waals surface area contributed by atoms with E-state index in [1.807, 2.05) is 32.0 Å². The van der Waals surface area contributed by atoms with E-state index < -0.39 is 10.2 Å². The number of fused-ring (bicyclic) bond motifs is 1. The molecule has 1 N–H and O–H groups in total. The predicted octanol–water partition coefficient (Wildman–Crippen LogP) is 2.49. The maximum Gasteiger partial charge on any atom is 0.304 e. The first-order valence-electron chi connectivity index (χ1n) is 10.6. The molecule has 2 aromatic carbocycles. The fraction of sp³-hybridized carbons (Fsp3) is 0.435. The molecule has 0 aromatic heterocycles. The molecule has 0 radical (unpaired) electrons. The lowest BCUT2D eigenvalue weighted by atomic mass is 10.1. The van der Waals surface area contributed by atoms with Crippen molar-refractivity contribution >= 4 is 27.5 Å². The minimum absolute atomic E-state index is 0.253. The quantitative estimate of drug-likeness (QED) is 0.603. The molecule has 0 aliphatic carbocycles. The Morgan fingerprint density at radius 3 is 2.61 bits per heavy atom. The molecule has 1 amide bonds. The van der Waals surface area contributed by atoms with Crippen LogP contribution in [0.5, 0.6) is 0 Å². The molecular weight excluding hydrogens is 412 g/mol. The Morgan fingerprint density at radius 1 is 1.13 bits per heavy atom. The van der Waals surface area contributed by atoms with Crippen molar-refractivity contribution in [2.24, 2.45) is 0 Å². The third kappa shape index (κ3) is 5.37. The number of anilines is 2. The molecule has 0 saturated heterocycles. The number of carbonyl (C=O) groups excluding carboxylic acids is 1. The molecule has 0 atom stereocenters. The van der Waals surface area contributed by atoms with Crippen LogP contribution in [0.4, 0.5) is 11.4 Å². The third-order valence-electron chi connectivity index (χ3n) is 5.57. The zero-order valence-corrected chi connectivity index (χ0v) is 19.6. The summed E-state index contributed by atoms with van der Waals surface area (Å²) in [5.74, 6) is -0.312. The van der Waals surface area contributed by atoms with Crippen LogP contribution in [0.15, 0.2) is 42.5 Å². The predicted molar refractivity (Wildman–Crippen MR) is 126 cm³/mol. The second-order valence-electron chi connectivity index (χ2n) is 8.16. The van der Waals surface area contributed by atoms with Crippen LogP contribution in [0.3, 0.4) is 0 Å². The van der Waals surface area contributed by atoms with Crippen molar-refractivity contribution < 1.29 is 13.2 Å². The van der Waals surface area contributed by atoms with Gasteiger partial charge in [-0.15, -0.1) is 0 Å². The number of para-hydroxylation sites is 1. The van der Waals surface area contributed by atoms with Crippen molar-refractivity contribution in [3.8, 4) is 0 Å². The molecule has 3 rings (SSSR count). The van der Waals surface area contributed by atoms with E-state index in [0.29, 0.717) is 12.2 Å². The van der Waals surface area contributed by atoms with Gasteiger partial charge in [0, 0.05) is 39.4 Å². The first kappa shape index (κ1) is 23.1. The molecule has 0 saturated carbocycles. The van der Waals surface area contributed by atoms with Gasteiger partial charge in [-0.05, 0) is 55.5 Å². The smallest absolute Gasteiger partial charge is 0.304 e. The number of carbonyl (C=O) groups is 1. The largest absolute Gasteiger partial charge is 0.371 e. The van der Waals surface area contributed by atoms with Gasteiger partial charge in [-0.2, -0.15) is 12.7 Å². The van der Waals surface area contributed by atoms with Gasteiger partial charge in [-0.3, -0.25) is 4.79 Å². The van der Waals surface area contributed by atoms with E-state index >= 15 is 0 Å². The maximum absolute atomic E-state index is 12.9. The van der Waals surface area contributed by atoms with Crippen molar-refractivity contribution in [3.63, 3.8) is 0 Å². The van der Waals surface area contributed by atoms with Crippen LogP contribution in [-0.2, 0) is 21.4 Å². The number of nitrogens with zero attached hydrogens (tertiary/aromatic N) is 3. The van der Waals surface area contributed by atoms with Crippen LogP contribution in [0, 0.1) is 13.8 Å². The van der Waals surface area contributed by atoms with Crippen LogP contribution in [0.2, 0.25) is 0 Å². The molecule has 8 heteroatoms. The summed E-state index contributed by atoms with van der Waals surface area (Å²) >= 11 is 0. The number of amides is 1. The van der Waals surface area contributed by atoms with Gasteiger partial charge in [0.25, 0.3) is 0 Å². The van der Waals surface area contributed by atoms with Crippen molar-refractivity contribution in [3.05, 3.63) is 59.2 Å². The van der Waals surface area contributed by atoms with Gasteiger partial charge >= 0.3 is 10.2 Å². The summed E-state index contributed by atoms with van der Waals surface area (Å²) in [6, 6.07) is 14.0. The van der Waals surface area contributed by atoms with Gasteiger partial charge in [0.1, 0.15) is 6.54 Å². The highest BCUT2D eigenvalue weighted by atomic mass is 32.2. The van der Waals surface area contributed by atoms with Crippen LogP contribution in [-0.4, -0.2) is 58.9 Å². The first-order chi connectivity index (χ1) is 14.7. The van der Waals surface area contributed by atoms with Crippen LogP contribution in [0.25, 0.3) is 0 Å². The minimum Gasteiger partial charge on any atom is -0.371 e. The molecule has 1 aliphatic rings. The van der Waals surface area contributed by atoms with Crippen molar-refractivity contribution in [2.45, 2.75) is 26.7 Å². The van der Waals surface area contributed by atoms with Gasteiger partial charge in [-0.1, -0.05) is 30.3 Å². The van der Waals surface area contributed by atoms with E-state index in [0.717, 1.165) is 41.4 Å². The Labute approximate surface area is 185 Å². The second kappa shape index (κ2) is 9.70. The lowest BCUT2D eigenvalue weighted by molar-refractivity contribution is -0.119. The van der Waals surface area contributed by atoms with Crippen LogP contribution in [0.1, 0.15) is 23.1 Å². The second-order valence-corrected chi connectivity index (χ2v) is 10.2. The lowest BCUT2D eigenvalue weighted by Crippen LogP contribution is -2.46. The molecular formula is C23H32N4O3S. The number of rotatable bonds is 9. The van der Waals surface area contributed by atoms with E-state index in [1.54, 1.807) is 6.07 Å². The standard InChI is InChI=1S/C23H32N4O3S/c1-18-10-11-19(2)22(16-18)27(31(29,30)25(3)4)17-23(28)24-13-7-14-26-15-12-20-8-5-6-9-21(20)26/h5-6,8-11,16H,7,12-15,17H2,1-4H3,(H,24,28). The summed E-state index contributed by atoms with van der Waals surface area (Å²) in [5.41, 5.74) is 4.90. The number of hydrogen-bond donors (Lipinski definition) is 1. The van der Waals surface area contributed by atoms with Crippen molar-refractivity contribution in [1.29, 1.82) is 0 Å². The zero-order chi connectivity index (χ0) is 22.6. The van der Waals surface area contributed by atoms with Gasteiger partial charge in [0.15, 0.2) is 0 Å². The Morgan fingerprint density at radius 2 is 1.87 bits per heavy atom. The Kier molecular flexibility index (Phi) is 7.23. The monoisotopic (exact) mass is 444 g/mol. The third-order valence-corrected chi connectivity index (χ3v) is 7.38. The Hall–Kier alpha value is -2.58.